The summed E-state index contributed by atoms with van der Waals surface area (Å²) >= 11 is 0. The number of hydrogen-bond acceptors (Lipinski definition) is 4. The van der Waals surface area contributed by atoms with Gasteiger partial charge in [-0.05, 0) is 44.8 Å². The van der Waals surface area contributed by atoms with Gasteiger partial charge in [0.05, 0.1) is 22.8 Å². The topological polar surface area (TPSA) is 68.3 Å². The molecule has 0 saturated carbocycles. The Labute approximate surface area is 114 Å². The van der Waals surface area contributed by atoms with Gasteiger partial charge >= 0.3 is 7.12 Å². The van der Waals surface area contributed by atoms with E-state index in [0.717, 1.165) is 11.0 Å². The quantitative estimate of drug-likeness (QED) is 0.812. The molecule has 0 aliphatic carbocycles. The molecule has 1 fully saturated rings. The molecule has 0 amide bonds. The van der Waals surface area contributed by atoms with Crippen LogP contribution in [0, 0.1) is 11.3 Å². The Morgan fingerprint density at radius 1 is 1.21 bits per heavy atom. The lowest BCUT2D eigenvalue weighted by Gasteiger charge is -2.32. The Bertz CT molecular complexity index is 519. The summed E-state index contributed by atoms with van der Waals surface area (Å²) in [6.45, 7) is 8.38. The number of nitriles is 1. The predicted molar refractivity (Wildman–Crippen MR) is 74.8 cm³/mol. The van der Waals surface area contributed by atoms with Crippen molar-refractivity contribution in [1.82, 2.24) is 0 Å². The van der Waals surface area contributed by atoms with Crippen LogP contribution in [0.4, 0.5) is 0 Å². The maximum Gasteiger partial charge on any atom is 0.494 e. The van der Waals surface area contributed by atoms with E-state index in [4.69, 9.17) is 20.3 Å². The van der Waals surface area contributed by atoms with E-state index in [-0.39, 0.29) is 11.2 Å². The van der Waals surface area contributed by atoms with E-state index in [9.17, 15) is 0 Å². The molecule has 0 spiro atoms. The monoisotopic (exact) mass is 258 g/mol. The van der Waals surface area contributed by atoms with Crippen molar-refractivity contribution in [3.05, 3.63) is 29.3 Å². The fourth-order valence-electron chi connectivity index (χ4n) is 2.00. The first-order chi connectivity index (χ1) is 8.80. The molecule has 0 atom stereocenters. The van der Waals surface area contributed by atoms with Gasteiger partial charge in [0.2, 0.25) is 0 Å². The predicted octanol–water partition coefficient (Wildman–Crippen LogP) is 1.32. The van der Waals surface area contributed by atoms with Gasteiger partial charge in [0.25, 0.3) is 0 Å². The molecule has 0 radical (unpaired) electrons. The maximum absolute atomic E-state index is 9.13. The summed E-state index contributed by atoms with van der Waals surface area (Å²) in [6.07, 6.45) is 0. The number of hydrogen-bond donors (Lipinski definition) is 1. The van der Waals surface area contributed by atoms with Crippen LogP contribution in [0.2, 0.25) is 0 Å². The minimum Gasteiger partial charge on any atom is -0.399 e. The van der Waals surface area contributed by atoms with E-state index in [0.29, 0.717) is 12.1 Å². The molecule has 5 heteroatoms. The van der Waals surface area contributed by atoms with Crippen LogP contribution in [0.5, 0.6) is 0 Å². The van der Waals surface area contributed by atoms with Crippen LogP contribution in [0.3, 0.4) is 0 Å². The molecule has 1 heterocycles. The van der Waals surface area contributed by atoms with Gasteiger partial charge in [0.15, 0.2) is 0 Å². The van der Waals surface area contributed by atoms with E-state index in [1.54, 1.807) is 6.07 Å². The molecule has 2 N–H and O–H groups in total. The van der Waals surface area contributed by atoms with Gasteiger partial charge in [-0.2, -0.15) is 5.26 Å². The Kier molecular flexibility index (Phi) is 3.44. The zero-order chi connectivity index (χ0) is 14.3. The van der Waals surface area contributed by atoms with Crippen molar-refractivity contribution >= 4 is 12.6 Å². The van der Waals surface area contributed by atoms with Crippen LogP contribution >= 0.6 is 0 Å². The minimum absolute atomic E-state index is 0.354. The fraction of sp³-hybridized carbons (Fsp3) is 0.500. The lowest BCUT2D eigenvalue weighted by Crippen LogP contribution is -2.41. The third-order valence-corrected chi connectivity index (χ3v) is 4.00. The van der Waals surface area contributed by atoms with Crippen molar-refractivity contribution in [3.63, 3.8) is 0 Å². The number of nitrogens with zero attached hydrogens (tertiary/aromatic N) is 1. The summed E-state index contributed by atoms with van der Waals surface area (Å²) in [5, 5.41) is 9.13. The van der Waals surface area contributed by atoms with Gasteiger partial charge < -0.3 is 15.0 Å². The summed E-state index contributed by atoms with van der Waals surface area (Å²) in [7, 11) is -0.441. The fourth-order valence-corrected chi connectivity index (χ4v) is 2.00. The van der Waals surface area contributed by atoms with Crippen molar-refractivity contribution in [2.24, 2.45) is 5.73 Å². The van der Waals surface area contributed by atoms with E-state index >= 15 is 0 Å². The largest absolute Gasteiger partial charge is 0.494 e. The van der Waals surface area contributed by atoms with Crippen molar-refractivity contribution in [2.45, 2.75) is 45.4 Å². The number of benzene rings is 1. The van der Waals surface area contributed by atoms with Gasteiger partial charge in [-0.3, -0.25) is 0 Å². The summed E-state index contributed by atoms with van der Waals surface area (Å²) in [6, 6.07) is 7.72. The summed E-state index contributed by atoms with van der Waals surface area (Å²) in [5.74, 6) is 0. The zero-order valence-corrected chi connectivity index (χ0v) is 11.9. The molecule has 0 aromatic heterocycles. The van der Waals surface area contributed by atoms with Crippen LogP contribution in [0.15, 0.2) is 18.2 Å². The highest BCUT2D eigenvalue weighted by Gasteiger charge is 2.51. The summed E-state index contributed by atoms with van der Waals surface area (Å²) in [4.78, 5) is 0. The normalized spacial score (nSPS) is 20.3. The first-order valence-corrected chi connectivity index (χ1v) is 6.39. The lowest BCUT2D eigenvalue weighted by atomic mass is 9.78. The standard InChI is InChI=1S/C14H19BN2O2/c1-13(2)14(3,4)19-15(18-13)12-6-5-10(8-16)11(7-12)9-17/h5-7H,8,16H2,1-4H3. The number of rotatable bonds is 2. The third-order valence-electron chi connectivity index (χ3n) is 4.00. The van der Waals surface area contributed by atoms with E-state index in [2.05, 4.69) is 6.07 Å². The highest BCUT2D eigenvalue weighted by molar-refractivity contribution is 6.62. The third kappa shape index (κ3) is 2.39. The molecule has 1 aliphatic rings. The second-order valence-electron chi connectivity index (χ2n) is 5.82. The van der Waals surface area contributed by atoms with Crippen LogP contribution in [0.1, 0.15) is 38.8 Å². The second-order valence-corrected chi connectivity index (χ2v) is 5.82. The molecule has 0 bridgehead atoms. The van der Waals surface area contributed by atoms with E-state index < -0.39 is 7.12 Å². The van der Waals surface area contributed by atoms with Crippen molar-refractivity contribution < 1.29 is 9.31 Å². The van der Waals surface area contributed by atoms with Gasteiger partial charge in [-0.25, -0.2) is 0 Å². The van der Waals surface area contributed by atoms with Crippen molar-refractivity contribution in [3.8, 4) is 6.07 Å². The van der Waals surface area contributed by atoms with Crippen molar-refractivity contribution in [2.75, 3.05) is 0 Å². The summed E-state index contributed by atoms with van der Waals surface area (Å²) < 4.78 is 11.9. The molecule has 4 nitrogen and oxygen atoms in total. The average Bonchev–Trinajstić information content (AvgIpc) is 2.57. The van der Waals surface area contributed by atoms with Crippen LogP contribution < -0.4 is 11.2 Å². The smallest absolute Gasteiger partial charge is 0.399 e. The molecule has 2 rings (SSSR count). The minimum atomic E-state index is -0.441. The highest BCUT2D eigenvalue weighted by Crippen LogP contribution is 2.36. The Balaban J connectivity index is 2.33. The van der Waals surface area contributed by atoms with Gasteiger partial charge in [-0.15, -0.1) is 0 Å². The zero-order valence-electron chi connectivity index (χ0n) is 11.9. The van der Waals surface area contributed by atoms with E-state index in [1.165, 1.54) is 0 Å². The molecule has 1 aromatic carbocycles. The lowest BCUT2D eigenvalue weighted by molar-refractivity contribution is 0.00578. The van der Waals surface area contributed by atoms with Gasteiger partial charge in [-0.1, -0.05) is 12.1 Å². The van der Waals surface area contributed by atoms with Crippen LogP contribution in [-0.4, -0.2) is 18.3 Å². The van der Waals surface area contributed by atoms with Gasteiger partial charge in [0.1, 0.15) is 0 Å². The Hall–Kier alpha value is -1.35. The van der Waals surface area contributed by atoms with Crippen LogP contribution in [-0.2, 0) is 15.9 Å². The molecular weight excluding hydrogens is 239 g/mol. The highest BCUT2D eigenvalue weighted by atomic mass is 16.7. The Morgan fingerprint density at radius 3 is 2.26 bits per heavy atom. The molecule has 100 valence electrons. The second kappa shape index (κ2) is 4.64. The molecule has 1 aliphatic heterocycles. The summed E-state index contributed by atoms with van der Waals surface area (Å²) in [5.41, 5.74) is 7.11. The van der Waals surface area contributed by atoms with E-state index in [1.807, 2.05) is 39.8 Å². The van der Waals surface area contributed by atoms with Gasteiger partial charge in [0, 0.05) is 6.54 Å². The number of nitrogens with two attached hydrogens (primary N) is 1. The van der Waals surface area contributed by atoms with Crippen LogP contribution in [0.25, 0.3) is 0 Å². The molecule has 1 aromatic rings. The van der Waals surface area contributed by atoms with Crippen molar-refractivity contribution in [1.29, 1.82) is 5.26 Å². The molecule has 0 unspecified atom stereocenters. The Morgan fingerprint density at radius 2 is 1.79 bits per heavy atom. The maximum atomic E-state index is 9.13. The molecule has 1 saturated heterocycles. The molecular formula is C14H19BN2O2. The average molecular weight is 258 g/mol. The molecule has 19 heavy (non-hydrogen) atoms. The first kappa shape index (κ1) is 14.1. The SMILES string of the molecule is CC1(C)OB(c2ccc(CN)c(C#N)c2)OC1(C)C. The first-order valence-electron chi connectivity index (χ1n) is 6.39.